The van der Waals surface area contributed by atoms with Gasteiger partial charge in [0.15, 0.2) is 0 Å². The minimum absolute atomic E-state index is 0.164. The number of hydrogen-bond acceptors (Lipinski definition) is 1. The molecular formula is C17H23F2N. The van der Waals surface area contributed by atoms with Crippen LogP contribution in [-0.4, -0.2) is 6.04 Å². The molecule has 3 rings (SSSR count). The van der Waals surface area contributed by atoms with Crippen LogP contribution >= 0.6 is 0 Å². The first kappa shape index (κ1) is 14.0. The Labute approximate surface area is 119 Å². The summed E-state index contributed by atoms with van der Waals surface area (Å²) in [5.74, 6) is -0.175. The van der Waals surface area contributed by atoms with Crippen molar-refractivity contribution in [2.75, 3.05) is 0 Å². The standard InChI is InChI=1S/C17H23F2N/c1-16(2)11-7-8-17(16,3)15(9-11)20-10-12-13(18)5-4-6-14(12)19/h4-6,11,15,20H,7-10H2,1-3H3. The summed E-state index contributed by atoms with van der Waals surface area (Å²) in [6, 6.07) is 4.42. The molecule has 110 valence electrons. The zero-order chi connectivity index (χ0) is 14.5. The zero-order valence-electron chi connectivity index (χ0n) is 12.5. The maximum Gasteiger partial charge on any atom is 0.130 e. The van der Waals surface area contributed by atoms with Gasteiger partial charge in [-0.1, -0.05) is 26.8 Å². The number of nitrogens with one attached hydrogen (secondary N) is 1. The summed E-state index contributed by atoms with van der Waals surface area (Å²) in [5.41, 5.74) is 0.717. The van der Waals surface area contributed by atoms with Gasteiger partial charge in [-0.2, -0.15) is 0 Å². The Hall–Kier alpha value is -0.960. The Morgan fingerprint density at radius 3 is 2.35 bits per heavy atom. The average molecular weight is 279 g/mol. The maximum atomic E-state index is 13.7. The van der Waals surface area contributed by atoms with Gasteiger partial charge in [0, 0.05) is 18.2 Å². The van der Waals surface area contributed by atoms with Gasteiger partial charge in [-0.25, -0.2) is 8.78 Å². The van der Waals surface area contributed by atoms with E-state index in [-0.39, 0.29) is 17.5 Å². The highest BCUT2D eigenvalue weighted by molar-refractivity contribution is 5.20. The predicted octanol–water partition coefficient (Wildman–Crippen LogP) is 4.27. The number of hydrogen-bond donors (Lipinski definition) is 1. The topological polar surface area (TPSA) is 12.0 Å². The fourth-order valence-corrected chi connectivity index (χ4v) is 4.44. The number of rotatable bonds is 3. The molecule has 1 N–H and O–H groups in total. The van der Waals surface area contributed by atoms with Gasteiger partial charge in [-0.05, 0) is 48.1 Å². The van der Waals surface area contributed by atoms with Crippen molar-refractivity contribution < 1.29 is 8.78 Å². The summed E-state index contributed by atoms with van der Waals surface area (Å²) in [6.45, 7) is 7.29. The third-order valence-electron chi connectivity index (χ3n) is 6.38. The van der Waals surface area contributed by atoms with E-state index in [0.717, 1.165) is 12.3 Å². The molecule has 1 aromatic carbocycles. The Morgan fingerprint density at radius 2 is 1.85 bits per heavy atom. The molecule has 0 amide bonds. The minimum Gasteiger partial charge on any atom is -0.309 e. The normalized spacial score (nSPS) is 34.6. The van der Waals surface area contributed by atoms with Crippen LogP contribution in [-0.2, 0) is 6.54 Å². The third kappa shape index (κ3) is 1.82. The summed E-state index contributed by atoms with van der Waals surface area (Å²) in [4.78, 5) is 0. The van der Waals surface area contributed by atoms with E-state index in [0.29, 0.717) is 11.5 Å². The van der Waals surface area contributed by atoms with Gasteiger partial charge in [-0.15, -0.1) is 0 Å². The molecule has 0 spiro atoms. The Morgan fingerprint density at radius 1 is 1.20 bits per heavy atom. The van der Waals surface area contributed by atoms with Crippen LogP contribution in [0.5, 0.6) is 0 Å². The molecule has 0 aliphatic heterocycles. The molecular weight excluding hydrogens is 256 g/mol. The van der Waals surface area contributed by atoms with E-state index in [1.165, 1.54) is 31.0 Å². The van der Waals surface area contributed by atoms with Gasteiger partial charge in [0.1, 0.15) is 11.6 Å². The Kier molecular flexibility index (Phi) is 3.16. The lowest BCUT2D eigenvalue weighted by molar-refractivity contribution is 0.120. The summed E-state index contributed by atoms with van der Waals surface area (Å²) in [5, 5.41) is 3.43. The smallest absolute Gasteiger partial charge is 0.130 e. The van der Waals surface area contributed by atoms with Crippen molar-refractivity contribution in [3.05, 3.63) is 35.4 Å². The Balaban J connectivity index is 1.75. The molecule has 1 nitrogen and oxygen atoms in total. The number of halogens is 2. The highest BCUT2D eigenvalue weighted by atomic mass is 19.1. The lowest BCUT2D eigenvalue weighted by Gasteiger charge is -2.39. The highest BCUT2D eigenvalue weighted by Crippen LogP contribution is 2.65. The fourth-order valence-electron chi connectivity index (χ4n) is 4.44. The third-order valence-corrected chi connectivity index (χ3v) is 6.38. The Bertz CT molecular complexity index is 505. The molecule has 3 atom stereocenters. The van der Waals surface area contributed by atoms with Gasteiger partial charge in [0.05, 0.1) is 0 Å². The van der Waals surface area contributed by atoms with E-state index >= 15 is 0 Å². The first-order chi connectivity index (χ1) is 9.36. The van der Waals surface area contributed by atoms with E-state index in [2.05, 4.69) is 26.1 Å². The van der Waals surface area contributed by atoms with Crippen molar-refractivity contribution >= 4 is 0 Å². The molecule has 3 heteroatoms. The molecule has 2 bridgehead atoms. The highest BCUT2D eigenvalue weighted by Gasteiger charge is 2.60. The molecule has 0 aromatic heterocycles. The molecule has 2 saturated carbocycles. The molecule has 1 aromatic rings. The molecule has 3 unspecified atom stereocenters. The van der Waals surface area contributed by atoms with Crippen LogP contribution in [0.25, 0.3) is 0 Å². The summed E-state index contributed by atoms with van der Waals surface area (Å²) >= 11 is 0. The largest absolute Gasteiger partial charge is 0.309 e. The fraction of sp³-hybridized carbons (Fsp3) is 0.647. The summed E-state index contributed by atoms with van der Waals surface area (Å²) < 4.78 is 27.4. The summed E-state index contributed by atoms with van der Waals surface area (Å²) in [7, 11) is 0. The van der Waals surface area contributed by atoms with Crippen LogP contribution in [0, 0.1) is 28.4 Å². The number of benzene rings is 1. The monoisotopic (exact) mass is 279 g/mol. The molecule has 20 heavy (non-hydrogen) atoms. The van der Waals surface area contributed by atoms with Crippen molar-refractivity contribution in [1.82, 2.24) is 5.32 Å². The van der Waals surface area contributed by atoms with Crippen molar-refractivity contribution in [3.8, 4) is 0 Å². The zero-order valence-corrected chi connectivity index (χ0v) is 12.5. The van der Waals surface area contributed by atoms with Gasteiger partial charge in [0.25, 0.3) is 0 Å². The van der Waals surface area contributed by atoms with Gasteiger partial charge < -0.3 is 5.32 Å². The molecule has 2 aliphatic rings. The van der Waals surface area contributed by atoms with Crippen LogP contribution in [0.2, 0.25) is 0 Å². The average Bonchev–Trinajstić information content (AvgIpc) is 2.71. The minimum atomic E-state index is -0.454. The van der Waals surface area contributed by atoms with Crippen LogP contribution in [0.3, 0.4) is 0 Å². The van der Waals surface area contributed by atoms with Crippen LogP contribution in [0.4, 0.5) is 8.78 Å². The second-order valence-electron chi connectivity index (χ2n) is 7.24. The quantitative estimate of drug-likeness (QED) is 0.871. The van der Waals surface area contributed by atoms with E-state index in [9.17, 15) is 8.78 Å². The second kappa shape index (κ2) is 4.52. The predicted molar refractivity (Wildman–Crippen MR) is 76.2 cm³/mol. The summed E-state index contributed by atoms with van der Waals surface area (Å²) in [6.07, 6.45) is 3.62. The van der Waals surface area contributed by atoms with Crippen molar-refractivity contribution in [3.63, 3.8) is 0 Å². The lowest BCUT2D eigenvalue weighted by atomic mass is 9.69. The van der Waals surface area contributed by atoms with Crippen LogP contribution in [0.15, 0.2) is 18.2 Å². The van der Waals surface area contributed by atoms with E-state index in [4.69, 9.17) is 0 Å². The number of fused-ring (bicyclic) bond motifs is 2. The first-order valence-corrected chi connectivity index (χ1v) is 7.52. The van der Waals surface area contributed by atoms with Crippen LogP contribution in [0.1, 0.15) is 45.6 Å². The van der Waals surface area contributed by atoms with E-state index in [1.54, 1.807) is 0 Å². The SMILES string of the molecule is CC1(C)C2CCC1(C)C(NCc1c(F)cccc1F)C2. The van der Waals surface area contributed by atoms with Crippen molar-refractivity contribution in [2.45, 2.75) is 52.6 Å². The molecule has 0 heterocycles. The van der Waals surface area contributed by atoms with Gasteiger partial charge in [-0.3, -0.25) is 0 Å². The maximum absolute atomic E-state index is 13.7. The van der Waals surface area contributed by atoms with Gasteiger partial charge in [0.2, 0.25) is 0 Å². The van der Waals surface area contributed by atoms with E-state index < -0.39 is 11.6 Å². The van der Waals surface area contributed by atoms with Crippen molar-refractivity contribution in [1.29, 1.82) is 0 Å². The molecule has 0 saturated heterocycles. The molecule has 2 fully saturated rings. The van der Waals surface area contributed by atoms with Crippen molar-refractivity contribution in [2.24, 2.45) is 16.7 Å². The van der Waals surface area contributed by atoms with E-state index in [1.807, 2.05) is 0 Å². The first-order valence-electron chi connectivity index (χ1n) is 7.52. The second-order valence-corrected chi connectivity index (χ2v) is 7.24. The molecule has 0 radical (unpaired) electrons. The molecule has 2 aliphatic carbocycles. The van der Waals surface area contributed by atoms with Crippen LogP contribution < -0.4 is 5.32 Å². The van der Waals surface area contributed by atoms with Gasteiger partial charge >= 0.3 is 0 Å². The lowest BCUT2D eigenvalue weighted by Crippen LogP contribution is -2.44.